The van der Waals surface area contributed by atoms with Crippen LogP contribution in [-0.2, 0) is 9.59 Å². The Bertz CT molecular complexity index is 419. The molecule has 2 rings (SSSR count). The molecule has 1 heterocycles. The highest BCUT2D eigenvalue weighted by atomic mass is 16.2. The lowest BCUT2D eigenvalue weighted by atomic mass is 10.0. The molecule has 0 bridgehead atoms. The van der Waals surface area contributed by atoms with Crippen molar-refractivity contribution in [3.05, 3.63) is 35.9 Å². The summed E-state index contributed by atoms with van der Waals surface area (Å²) < 4.78 is 0. The zero-order valence-electron chi connectivity index (χ0n) is 9.35. The average Bonchev–Trinajstić information content (AvgIpc) is 2.35. The summed E-state index contributed by atoms with van der Waals surface area (Å²) in [5.41, 5.74) is 6.16. The standard InChI is InChI=1S/C12H15N3O2/c13-7-6-9-11(16)15-10(12(17)14-9)8-4-2-1-3-5-8/h1-5,9-10H,6-7,13H2,(H,14,17)(H,15,16)/t9-,10+/m0/s1. The van der Waals surface area contributed by atoms with Crippen molar-refractivity contribution in [3.63, 3.8) is 0 Å². The molecule has 0 unspecified atom stereocenters. The van der Waals surface area contributed by atoms with Crippen molar-refractivity contribution < 1.29 is 9.59 Å². The summed E-state index contributed by atoms with van der Waals surface area (Å²) in [7, 11) is 0. The number of hydrogen-bond donors (Lipinski definition) is 3. The Hall–Kier alpha value is -1.88. The summed E-state index contributed by atoms with van der Waals surface area (Å²) in [6.45, 7) is 0.369. The normalized spacial score (nSPS) is 24.1. The predicted octanol–water partition coefficient (Wildman–Crippen LogP) is -0.309. The average molecular weight is 233 g/mol. The van der Waals surface area contributed by atoms with Crippen molar-refractivity contribution in [1.29, 1.82) is 0 Å². The Morgan fingerprint density at radius 3 is 2.41 bits per heavy atom. The molecular formula is C12H15N3O2. The van der Waals surface area contributed by atoms with E-state index in [-0.39, 0.29) is 11.8 Å². The van der Waals surface area contributed by atoms with Gasteiger partial charge in [0, 0.05) is 0 Å². The summed E-state index contributed by atoms with van der Waals surface area (Å²) in [4.78, 5) is 23.6. The Labute approximate surface area is 99.4 Å². The second-order valence-electron chi connectivity index (χ2n) is 3.99. The summed E-state index contributed by atoms with van der Waals surface area (Å²) in [5.74, 6) is -0.363. The molecule has 0 radical (unpaired) electrons. The zero-order valence-corrected chi connectivity index (χ0v) is 9.35. The number of nitrogens with two attached hydrogens (primary N) is 1. The third kappa shape index (κ3) is 2.45. The molecule has 1 aliphatic rings. The van der Waals surface area contributed by atoms with Gasteiger partial charge in [0.05, 0.1) is 0 Å². The number of carbonyl (C=O) groups is 2. The number of piperazine rings is 1. The van der Waals surface area contributed by atoms with Crippen LogP contribution in [0.25, 0.3) is 0 Å². The van der Waals surface area contributed by atoms with E-state index in [1.807, 2.05) is 30.3 Å². The highest BCUT2D eigenvalue weighted by Crippen LogP contribution is 2.16. The van der Waals surface area contributed by atoms with Crippen LogP contribution in [0.5, 0.6) is 0 Å². The van der Waals surface area contributed by atoms with Gasteiger partial charge in [0.15, 0.2) is 0 Å². The van der Waals surface area contributed by atoms with Crippen molar-refractivity contribution in [3.8, 4) is 0 Å². The van der Waals surface area contributed by atoms with Gasteiger partial charge in [-0.3, -0.25) is 9.59 Å². The predicted molar refractivity (Wildman–Crippen MR) is 62.9 cm³/mol. The topological polar surface area (TPSA) is 84.2 Å². The minimum Gasteiger partial charge on any atom is -0.342 e. The van der Waals surface area contributed by atoms with E-state index < -0.39 is 12.1 Å². The van der Waals surface area contributed by atoms with Crippen molar-refractivity contribution in [1.82, 2.24) is 10.6 Å². The van der Waals surface area contributed by atoms with Crippen LogP contribution in [0.1, 0.15) is 18.0 Å². The number of rotatable bonds is 3. The number of amides is 2. The quantitative estimate of drug-likeness (QED) is 0.669. The molecule has 17 heavy (non-hydrogen) atoms. The first-order valence-corrected chi connectivity index (χ1v) is 5.58. The van der Waals surface area contributed by atoms with Crippen LogP contribution in [0.4, 0.5) is 0 Å². The summed E-state index contributed by atoms with van der Waals surface area (Å²) in [5, 5.41) is 5.40. The van der Waals surface area contributed by atoms with Gasteiger partial charge in [-0.1, -0.05) is 30.3 Å². The maximum absolute atomic E-state index is 11.9. The van der Waals surface area contributed by atoms with E-state index in [1.54, 1.807) is 0 Å². The van der Waals surface area contributed by atoms with Gasteiger partial charge < -0.3 is 16.4 Å². The first-order chi connectivity index (χ1) is 8.22. The fraction of sp³-hybridized carbons (Fsp3) is 0.333. The Morgan fingerprint density at radius 1 is 1.06 bits per heavy atom. The largest absolute Gasteiger partial charge is 0.342 e. The Balaban J connectivity index is 2.13. The number of hydrogen-bond acceptors (Lipinski definition) is 3. The van der Waals surface area contributed by atoms with Crippen molar-refractivity contribution in [2.75, 3.05) is 6.54 Å². The molecule has 1 aromatic carbocycles. The van der Waals surface area contributed by atoms with Crippen LogP contribution in [0, 0.1) is 0 Å². The molecule has 5 nitrogen and oxygen atoms in total. The molecule has 4 N–H and O–H groups in total. The van der Waals surface area contributed by atoms with E-state index in [4.69, 9.17) is 5.73 Å². The van der Waals surface area contributed by atoms with Gasteiger partial charge in [-0.25, -0.2) is 0 Å². The SMILES string of the molecule is NCC[C@@H]1NC(=O)[C@@H](c2ccccc2)NC1=O. The maximum atomic E-state index is 11.9. The fourth-order valence-electron chi connectivity index (χ4n) is 1.88. The van der Waals surface area contributed by atoms with E-state index in [1.165, 1.54) is 0 Å². The lowest BCUT2D eigenvalue weighted by molar-refractivity contribution is -0.137. The number of carbonyl (C=O) groups excluding carboxylic acids is 2. The molecule has 0 spiro atoms. The third-order valence-electron chi connectivity index (χ3n) is 2.77. The Morgan fingerprint density at radius 2 is 1.76 bits per heavy atom. The maximum Gasteiger partial charge on any atom is 0.247 e. The molecule has 0 aromatic heterocycles. The van der Waals surface area contributed by atoms with E-state index in [0.29, 0.717) is 13.0 Å². The van der Waals surface area contributed by atoms with Gasteiger partial charge in [0.1, 0.15) is 12.1 Å². The highest BCUT2D eigenvalue weighted by Gasteiger charge is 2.33. The molecule has 0 aliphatic carbocycles. The molecule has 1 saturated heterocycles. The van der Waals surface area contributed by atoms with Crippen molar-refractivity contribution in [2.24, 2.45) is 5.73 Å². The molecule has 1 aliphatic heterocycles. The van der Waals surface area contributed by atoms with Gasteiger partial charge in [-0.2, -0.15) is 0 Å². The van der Waals surface area contributed by atoms with Crippen LogP contribution < -0.4 is 16.4 Å². The van der Waals surface area contributed by atoms with E-state index in [9.17, 15) is 9.59 Å². The first kappa shape index (κ1) is 11.6. The van der Waals surface area contributed by atoms with E-state index in [0.717, 1.165) is 5.56 Å². The van der Waals surface area contributed by atoms with E-state index >= 15 is 0 Å². The fourth-order valence-corrected chi connectivity index (χ4v) is 1.88. The minimum absolute atomic E-state index is 0.177. The second-order valence-corrected chi connectivity index (χ2v) is 3.99. The molecule has 90 valence electrons. The first-order valence-electron chi connectivity index (χ1n) is 5.58. The van der Waals surface area contributed by atoms with Crippen LogP contribution in [0.15, 0.2) is 30.3 Å². The smallest absolute Gasteiger partial charge is 0.247 e. The summed E-state index contributed by atoms with van der Waals surface area (Å²) in [6, 6.07) is 8.05. The van der Waals surface area contributed by atoms with Crippen LogP contribution in [0.3, 0.4) is 0 Å². The molecule has 2 amide bonds. The van der Waals surface area contributed by atoms with Gasteiger partial charge in [-0.05, 0) is 18.5 Å². The highest BCUT2D eigenvalue weighted by molar-refractivity contribution is 5.97. The number of nitrogens with one attached hydrogen (secondary N) is 2. The molecular weight excluding hydrogens is 218 g/mol. The van der Waals surface area contributed by atoms with Crippen molar-refractivity contribution >= 4 is 11.8 Å². The molecule has 2 atom stereocenters. The molecule has 0 saturated carbocycles. The van der Waals surface area contributed by atoms with Gasteiger partial charge in [0.25, 0.3) is 0 Å². The minimum atomic E-state index is -0.599. The summed E-state index contributed by atoms with van der Waals surface area (Å²) in [6.07, 6.45) is 0.457. The second kappa shape index (κ2) is 4.97. The van der Waals surface area contributed by atoms with Crippen LogP contribution >= 0.6 is 0 Å². The van der Waals surface area contributed by atoms with Gasteiger partial charge in [-0.15, -0.1) is 0 Å². The van der Waals surface area contributed by atoms with Crippen LogP contribution in [0.2, 0.25) is 0 Å². The summed E-state index contributed by atoms with van der Waals surface area (Å²) >= 11 is 0. The molecule has 5 heteroatoms. The van der Waals surface area contributed by atoms with Crippen molar-refractivity contribution in [2.45, 2.75) is 18.5 Å². The monoisotopic (exact) mass is 233 g/mol. The molecule has 1 fully saturated rings. The van der Waals surface area contributed by atoms with Gasteiger partial charge in [0.2, 0.25) is 11.8 Å². The lowest BCUT2D eigenvalue weighted by Crippen LogP contribution is -2.58. The molecule has 1 aromatic rings. The van der Waals surface area contributed by atoms with E-state index in [2.05, 4.69) is 10.6 Å². The third-order valence-corrected chi connectivity index (χ3v) is 2.77. The Kier molecular flexibility index (Phi) is 3.39. The van der Waals surface area contributed by atoms with Gasteiger partial charge >= 0.3 is 0 Å². The number of benzene rings is 1. The zero-order chi connectivity index (χ0) is 12.3. The van der Waals surface area contributed by atoms with Crippen LogP contribution in [-0.4, -0.2) is 24.4 Å². The lowest BCUT2D eigenvalue weighted by Gasteiger charge is -2.29.